The van der Waals surface area contributed by atoms with E-state index in [1.54, 1.807) is 25.1 Å². The maximum absolute atomic E-state index is 12.0. The SMILES string of the molecule is CCO[Si](CCCNC(=O)OC(C)c1ccccc1[N+](=O)[O-])(OCC)OCC. The molecule has 1 rings (SSSR count). The number of carbonyl (C=O) groups excluding carboxylic acids is 1. The number of amides is 1. The smallest absolute Gasteiger partial charge is 0.441 e. The summed E-state index contributed by atoms with van der Waals surface area (Å²) in [5.41, 5.74) is 0.266. The summed E-state index contributed by atoms with van der Waals surface area (Å²) in [4.78, 5) is 22.6. The van der Waals surface area contributed by atoms with Crippen LogP contribution in [0, 0.1) is 10.1 Å². The summed E-state index contributed by atoms with van der Waals surface area (Å²) in [7, 11) is -2.74. The van der Waals surface area contributed by atoms with E-state index >= 15 is 0 Å². The molecule has 9 nitrogen and oxygen atoms in total. The largest absolute Gasteiger partial charge is 0.500 e. The number of para-hydroxylation sites is 1. The second-order valence-electron chi connectivity index (χ2n) is 5.88. The normalized spacial score (nSPS) is 12.4. The van der Waals surface area contributed by atoms with Gasteiger partial charge in [-0.1, -0.05) is 12.1 Å². The van der Waals surface area contributed by atoms with Crippen LogP contribution >= 0.6 is 0 Å². The zero-order chi connectivity index (χ0) is 21.0. The molecule has 158 valence electrons. The molecule has 0 saturated carbocycles. The molecule has 1 aromatic carbocycles. The van der Waals surface area contributed by atoms with Gasteiger partial charge in [-0.25, -0.2) is 4.79 Å². The lowest BCUT2D eigenvalue weighted by atomic mass is 10.1. The standard InChI is InChI=1S/C18H30N2O7Si/c1-5-24-28(25-6-2,26-7-3)14-10-13-19-18(21)27-15(4)16-11-8-9-12-17(16)20(22)23/h8-9,11-12,15H,5-7,10,13-14H2,1-4H3,(H,19,21). The summed E-state index contributed by atoms with van der Waals surface area (Å²) in [5.74, 6) is 0. The molecule has 0 radical (unpaired) electrons. The number of rotatable bonds is 13. The number of nitro groups is 1. The Morgan fingerprint density at radius 1 is 1.14 bits per heavy atom. The number of carbonyl (C=O) groups is 1. The summed E-state index contributed by atoms with van der Waals surface area (Å²) < 4.78 is 22.6. The van der Waals surface area contributed by atoms with Crippen LogP contribution in [0.5, 0.6) is 0 Å². The van der Waals surface area contributed by atoms with Crippen molar-refractivity contribution in [2.24, 2.45) is 0 Å². The Kier molecular flexibility index (Phi) is 10.7. The van der Waals surface area contributed by atoms with E-state index in [-0.39, 0.29) is 5.69 Å². The second-order valence-corrected chi connectivity index (χ2v) is 8.61. The Morgan fingerprint density at radius 3 is 2.25 bits per heavy atom. The fourth-order valence-corrected chi connectivity index (χ4v) is 5.37. The highest BCUT2D eigenvalue weighted by atomic mass is 28.4. The summed E-state index contributed by atoms with van der Waals surface area (Å²) in [5, 5.41) is 13.7. The van der Waals surface area contributed by atoms with E-state index < -0.39 is 25.9 Å². The molecule has 0 bridgehead atoms. The molecule has 0 fully saturated rings. The predicted molar refractivity (Wildman–Crippen MR) is 106 cm³/mol. The third-order valence-electron chi connectivity index (χ3n) is 3.88. The number of hydrogen-bond acceptors (Lipinski definition) is 7. The van der Waals surface area contributed by atoms with Crippen molar-refractivity contribution in [3.8, 4) is 0 Å². The number of nitro benzene ring substituents is 1. The van der Waals surface area contributed by atoms with Gasteiger partial charge in [0.05, 0.1) is 10.5 Å². The summed E-state index contributed by atoms with van der Waals surface area (Å²) in [6, 6.07) is 6.76. The third-order valence-corrected chi connectivity index (χ3v) is 7.03. The van der Waals surface area contributed by atoms with E-state index in [1.807, 2.05) is 20.8 Å². The molecule has 0 saturated heterocycles. The van der Waals surface area contributed by atoms with Crippen LogP contribution in [0.4, 0.5) is 10.5 Å². The van der Waals surface area contributed by atoms with Crippen molar-refractivity contribution in [2.45, 2.75) is 46.3 Å². The van der Waals surface area contributed by atoms with Crippen molar-refractivity contribution in [1.82, 2.24) is 5.32 Å². The molecule has 0 spiro atoms. The van der Waals surface area contributed by atoms with E-state index in [4.69, 9.17) is 18.0 Å². The third kappa shape index (κ3) is 7.54. The average Bonchev–Trinajstić information content (AvgIpc) is 2.66. The van der Waals surface area contributed by atoms with Gasteiger partial charge >= 0.3 is 14.9 Å². The monoisotopic (exact) mass is 414 g/mol. The van der Waals surface area contributed by atoms with Gasteiger partial charge in [0.1, 0.15) is 6.10 Å². The van der Waals surface area contributed by atoms with E-state index in [2.05, 4.69) is 5.32 Å². The van der Waals surface area contributed by atoms with Gasteiger partial charge in [0, 0.05) is 38.5 Å². The highest BCUT2D eigenvalue weighted by Gasteiger charge is 2.39. The molecule has 1 N–H and O–H groups in total. The van der Waals surface area contributed by atoms with Gasteiger partial charge in [0.2, 0.25) is 0 Å². The highest BCUT2D eigenvalue weighted by Crippen LogP contribution is 2.27. The fourth-order valence-electron chi connectivity index (χ4n) is 2.76. The minimum Gasteiger partial charge on any atom is -0.441 e. The minimum absolute atomic E-state index is 0.0799. The van der Waals surface area contributed by atoms with E-state index in [0.29, 0.717) is 44.4 Å². The molecular weight excluding hydrogens is 384 g/mol. The predicted octanol–water partition coefficient (Wildman–Crippen LogP) is 3.82. The first-order valence-electron chi connectivity index (χ1n) is 9.48. The highest BCUT2D eigenvalue weighted by molar-refractivity contribution is 6.60. The number of ether oxygens (including phenoxy) is 1. The second kappa shape index (κ2) is 12.4. The first-order chi connectivity index (χ1) is 13.4. The zero-order valence-corrected chi connectivity index (χ0v) is 17.9. The Hall–Kier alpha value is -2.01. The van der Waals surface area contributed by atoms with Gasteiger partial charge in [0.15, 0.2) is 0 Å². The van der Waals surface area contributed by atoms with E-state index in [9.17, 15) is 14.9 Å². The Labute approximate surface area is 166 Å². The Bertz CT molecular complexity index is 613. The lowest BCUT2D eigenvalue weighted by molar-refractivity contribution is -0.386. The van der Waals surface area contributed by atoms with Crippen LogP contribution in [0.25, 0.3) is 0 Å². The lowest BCUT2D eigenvalue weighted by Gasteiger charge is -2.28. The topological polar surface area (TPSA) is 109 Å². The number of hydrogen-bond donors (Lipinski definition) is 1. The van der Waals surface area contributed by atoms with Crippen molar-refractivity contribution in [2.75, 3.05) is 26.4 Å². The Balaban J connectivity index is 2.53. The van der Waals surface area contributed by atoms with Crippen LogP contribution < -0.4 is 5.32 Å². The van der Waals surface area contributed by atoms with E-state index in [1.165, 1.54) is 6.07 Å². The van der Waals surface area contributed by atoms with Gasteiger partial charge in [0.25, 0.3) is 5.69 Å². The molecule has 10 heteroatoms. The molecule has 0 aromatic heterocycles. The van der Waals surface area contributed by atoms with Crippen molar-refractivity contribution in [3.05, 3.63) is 39.9 Å². The van der Waals surface area contributed by atoms with Gasteiger partial charge < -0.3 is 23.3 Å². The average molecular weight is 415 g/mol. The first-order valence-corrected chi connectivity index (χ1v) is 11.4. The Morgan fingerprint density at radius 2 is 1.71 bits per heavy atom. The van der Waals surface area contributed by atoms with Crippen LogP contribution in [0.1, 0.15) is 45.8 Å². The van der Waals surface area contributed by atoms with Gasteiger partial charge in [-0.15, -0.1) is 0 Å². The lowest BCUT2D eigenvalue weighted by Crippen LogP contribution is -2.46. The maximum Gasteiger partial charge on any atom is 0.500 e. The summed E-state index contributed by atoms with van der Waals surface area (Å²) in [6.45, 7) is 9.10. The number of nitrogens with one attached hydrogen (secondary N) is 1. The van der Waals surface area contributed by atoms with Crippen LogP contribution in [-0.2, 0) is 18.0 Å². The number of benzene rings is 1. The quantitative estimate of drug-likeness (QED) is 0.226. The van der Waals surface area contributed by atoms with Crippen molar-refractivity contribution >= 4 is 20.6 Å². The molecule has 1 aromatic rings. The van der Waals surface area contributed by atoms with Crippen molar-refractivity contribution < 1.29 is 27.7 Å². The minimum atomic E-state index is -2.74. The number of alkyl carbamates (subject to hydrolysis) is 1. The van der Waals surface area contributed by atoms with E-state index in [0.717, 1.165) is 0 Å². The zero-order valence-electron chi connectivity index (χ0n) is 16.9. The van der Waals surface area contributed by atoms with Gasteiger partial charge in [-0.3, -0.25) is 10.1 Å². The van der Waals surface area contributed by atoms with Crippen LogP contribution in [0.15, 0.2) is 24.3 Å². The molecular formula is C18H30N2O7Si. The fraction of sp³-hybridized carbons (Fsp3) is 0.611. The molecule has 1 unspecified atom stereocenters. The summed E-state index contributed by atoms with van der Waals surface area (Å²) in [6.07, 6.45) is -0.784. The molecule has 0 heterocycles. The molecule has 1 amide bonds. The molecule has 28 heavy (non-hydrogen) atoms. The van der Waals surface area contributed by atoms with Gasteiger partial charge in [-0.05, 0) is 40.2 Å². The van der Waals surface area contributed by atoms with Crippen LogP contribution in [0.2, 0.25) is 6.04 Å². The van der Waals surface area contributed by atoms with Crippen molar-refractivity contribution in [3.63, 3.8) is 0 Å². The molecule has 0 aliphatic carbocycles. The van der Waals surface area contributed by atoms with Crippen molar-refractivity contribution in [1.29, 1.82) is 0 Å². The van der Waals surface area contributed by atoms with Gasteiger partial charge in [-0.2, -0.15) is 0 Å². The van der Waals surface area contributed by atoms with Crippen LogP contribution in [0.3, 0.4) is 0 Å². The number of nitrogens with zero attached hydrogens (tertiary/aromatic N) is 1. The first kappa shape index (κ1) is 24.0. The molecule has 1 atom stereocenters. The molecule has 0 aliphatic heterocycles. The maximum atomic E-state index is 12.0. The summed E-state index contributed by atoms with van der Waals surface area (Å²) >= 11 is 0. The van der Waals surface area contributed by atoms with Crippen LogP contribution in [-0.4, -0.2) is 46.2 Å². The molecule has 0 aliphatic rings.